The molecule has 1 amide bonds. The highest BCUT2D eigenvalue weighted by molar-refractivity contribution is 5.75. The van der Waals surface area contributed by atoms with Gasteiger partial charge in [-0.05, 0) is 12.8 Å². The number of hydrogen-bond donors (Lipinski definition) is 3. The van der Waals surface area contributed by atoms with Crippen molar-refractivity contribution in [3.8, 4) is 0 Å². The van der Waals surface area contributed by atoms with Crippen molar-refractivity contribution in [2.75, 3.05) is 45.8 Å². The zero-order valence-corrected chi connectivity index (χ0v) is 12.3. The van der Waals surface area contributed by atoms with E-state index in [0.29, 0.717) is 19.1 Å². The van der Waals surface area contributed by atoms with Crippen molar-refractivity contribution in [2.24, 2.45) is 5.73 Å². The Morgan fingerprint density at radius 1 is 1.35 bits per heavy atom. The Kier molecular flexibility index (Phi) is 6.22. The van der Waals surface area contributed by atoms with E-state index < -0.39 is 6.10 Å². The van der Waals surface area contributed by atoms with Gasteiger partial charge in [0, 0.05) is 45.3 Å². The lowest BCUT2D eigenvalue weighted by Gasteiger charge is -2.33. The lowest BCUT2D eigenvalue weighted by molar-refractivity contribution is -0.120. The molecule has 0 radical (unpaired) electrons. The average Bonchev–Trinajstić information content (AvgIpc) is 2.92. The molecule has 0 bridgehead atoms. The third-order valence-corrected chi connectivity index (χ3v) is 4.32. The third kappa shape index (κ3) is 5.01. The van der Waals surface area contributed by atoms with Crippen LogP contribution in [0.25, 0.3) is 0 Å². The van der Waals surface area contributed by atoms with Crippen molar-refractivity contribution >= 4 is 5.91 Å². The predicted molar refractivity (Wildman–Crippen MR) is 78.3 cm³/mol. The molecule has 1 aliphatic carbocycles. The number of nitrogens with one attached hydrogen (secondary N) is 1. The fourth-order valence-electron chi connectivity index (χ4n) is 3.33. The van der Waals surface area contributed by atoms with Crippen molar-refractivity contribution in [3.63, 3.8) is 0 Å². The molecule has 1 saturated carbocycles. The molecule has 4 N–H and O–H groups in total. The first-order chi connectivity index (χ1) is 9.65. The average molecular weight is 284 g/mol. The van der Waals surface area contributed by atoms with Gasteiger partial charge in [0.05, 0.1) is 12.6 Å². The van der Waals surface area contributed by atoms with Gasteiger partial charge >= 0.3 is 0 Å². The monoisotopic (exact) mass is 284 g/mol. The maximum atomic E-state index is 11.2. The minimum absolute atomic E-state index is 0.267. The standard InChI is InChI=1S/C14H28N4O2/c15-14(20)11-18(12-3-1-2-4-12)10-13(19)9-17-7-5-16-6-8-17/h12-13,16,19H,1-11H2,(H2,15,20). The molecule has 1 heterocycles. The van der Waals surface area contributed by atoms with Gasteiger partial charge in [0.1, 0.15) is 0 Å². The molecule has 116 valence electrons. The van der Waals surface area contributed by atoms with Crippen LogP contribution in [0.3, 0.4) is 0 Å². The van der Waals surface area contributed by atoms with Gasteiger partial charge < -0.3 is 16.2 Å². The second-order valence-electron chi connectivity index (χ2n) is 6.04. The highest BCUT2D eigenvalue weighted by Gasteiger charge is 2.26. The minimum atomic E-state index is -0.409. The van der Waals surface area contributed by atoms with E-state index in [4.69, 9.17) is 5.73 Å². The molecule has 1 saturated heterocycles. The number of carbonyl (C=O) groups is 1. The molecular weight excluding hydrogens is 256 g/mol. The van der Waals surface area contributed by atoms with Crippen molar-refractivity contribution in [1.29, 1.82) is 0 Å². The Labute approximate surface area is 121 Å². The van der Waals surface area contributed by atoms with Crippen LogP contribution in [-0.2, 0) is 4.79 Å². The van der Waals surface area contributed by atoms with E-state index in [0.717, 1.165) is 39.0 Å². The number of β-amino-alcohol motifs (C(OH)–C–C–N with tert-alkyl or cyclic N) is 1. The molecule has 1 unspecified atom stereocenters. The second kappa shape index (κ2) is 7.93. The summed E-state index contributed by atoms with van der Waals surface area (Å²) in [5.41, 5.74) is 5.34. The van der Waals surface area contributed by atoms with E-state index in [-0.39, 0.29) is 12.5 Å². The Balaban J connectivity index is 1.80. The van der Waals surface area contributed by atoms with Crippen LogP contribution in [0.4, 0.5) is 0 Å². The quantitative estimate of drug-likeness (QED) is 0.558. The van der Waals surface area contributed by atoms with Crippen LogP contribution in [0.1, 0.15) is 25.7 Å². The van der Waals surface area contributed by atoms with E-state index in [2.05, 4.69) is 15.1 Å². The highest BCUT2D eigenvalue weighted by Crippen LogP contribution is 2.23. The third-order valence-electron chi connectivity index (χ3n) is 4.32. The molecule has 2 rings (SSSR count). The predicted octanol–water partition coefficient (Wildman–Crippen LogP) is -1.02. The van der Waals surface area contributed by atoms with Gasteiger partial charge in [-0.2, -0.15) is 0 Å². The number of hydrogen-bond acceptors (Lipinski definition) is 5. The highest BCUT2D eigenvalue weighted by atomic mass is 16.3. The second-order valence-corrected chi connectivity index (χ2v) is 6.04. The topological polar surface area (TPSA) is 81.8 Å². The fourth-order valence-corrected chi connectivity index (χ4v) is 3.33. The maximum absolute atomic E-state index is 11.2. The van der Waals surface area contributed by atoms with Crippen LogP contribution < -0.4 is 11.1 Å². The first kappa shape index (κ1) is 15.7. The summed E-state index contributed by atoms with van der Waals surface area (Å²) in [6.07, 6.45) is 4.26. The van der Waals surface area contributed by atoms with Crippen molar-refractivity contribution in [3.05, 3.63) is 0 Å². The molecule has 6 nitrogen and oxygen atoms in total. The molecule has 1 aliphatic heterocycles. The van der Waals surface area contributed by atoms with Crippen LogP contribution in [0.5, 0.6) is 0 Å². The zero-order valence-electron chi connectivity index (χ0n) is 12.3. The Morgan fingerprint density at radius 3 is 2.60 bits per heavy atom. The Morgan fingerprint density at radius 2 is 2.00 bits per heavy atom. The molecule has 0 aromatic heterocycles. The van der Waals surface area contributed by atoms with Gasteiger partial charge in [0.2, 0.25) is 5.91 Å². The molecule has 0 aromatic rings. The van der Waals surface area contributed by atoms with Crippen molar-refractivity contribution in [2.45, 2.75) is 37.8 Å². The van der Waals surface area contributed by atoms with Gasteiger partial charge in [0.25, 0.3) is 0 Å². The van der Waals surface area contributed by atoms with E-state index in [1.165, 1.54) is 12.8 Å². The van der Waals surface area contributed by atoms with Crippen molar-refractivity contribution in [1.82, 2.24) is 15.1 Å². The molecule has 2 aliphatic rings. The molecule has 1 atom stereocenters. The lowest BCUT2D eigenvalue weighted by Crippen LogP contribution is -2.50. The zero-order chi connectivity index (χ0) is 14.4. The van der Waals surface area contributed by atoms with Gasteiger partial charge in [-0.25, -0.2) is 0 Å². The smallest absolute Gasteiger partial charge is 0.231 e. The number of carbonyl (C=O) groups excluding carboxylic acids is 1. The lowest BCUT2D eigenvalue weighted by atomic mass is 10.1. The summed E-state index contributed by atoms with van der Waals surface area (Å²) in [4.78, 5) is 15.6. The Bertz CT molecular complexity index is 302. The number of piperazine rings is 1. The Hall–Kier alpha value is -0.690. The SMILES string of the molecule is NC(=O)CN(CC(O)CN1CCNCC1)C1CCCC1. The van der Waals surface area contributed by atoms with Gasteiger partial charge in [-0.1, -0.05) is 12.8 Å². The number of amides is 1. The van der Waals surface area contributed by atoms with Crippen LogP contribution >= 0.6 is 0 Å². The van der Waals surface area contributed by atoms with E-state index >= 15 is 0 Å². The number of aliphatic hydroxyl groups excluding tert-OH is 1. The number of primary amides is 1. The maximum Gasteiger partial charge on any atom is 0.231 e. The van der Waals surface area contributed by atoms with Gasteiger partial charge in [-0.3, -0.25) is 14.6 Å². The van der Waals surface area contributed by atoms with E-state index in [1.54, 1.807) is 0 Å². The summed E-state index contributed by atoms with van der Waals surface area (Å²) < 4.78 is 0. The van der Waals surface area contributed by atoms with Crippen molar-refractivity contribution < 1.29 is 9.90 Å². The molecule has 2 fully saturated rings. The van der Waals surface area contributed by atoms with E-state index in [9.17, 15) is 9.90 Å². The van der Waals surface area contributed by atoms with Crippen LogP contribution in [0, 0.1) is 0 Å². The number of nitrogens with zero attached hydrogens (tertiary/aromatic N) is 2. The summed E-state index contributed by atoms with van der Waals surface area (Å²) >= 11 is 0. The minimum Gasteiger partial charge on any atom is -0.390 e. The normalized spacial score (nSPS) is 23.3. The summed E-state index contributed by atoms with van der Waals surface area (Å²) in [6, 6.07) is 0.417. The van der Waals surface area contributed by atoms with Crippen LogP contribution in [0.2, 0.25) is 0 Å². The van der Waals surface area contributed by atoms with Gasteiger partial charge in [-0.15, -0.1) is 0 Å². The summed E-state index contributed by atoms with van der Waals surface area (Å²) in [5, 5.41) is 13.6. The van der Waals surface area contributed by atoms with Crippen LogP contribution in [0.15, 0.2) is 0 Å². The molecule has 0 aromatic carbocycles. The summed E-state index contributed by atoms with van der Waals surface area (Å²) in [7, 11) is 0. The van der Waals surface area contributed by atoms with Gasteiger partial charge in [0.15, 0.2) is 0 Å². The number of rotatable bonds is 7. The first-order valence-corrected chi connectivity index (χ1v) is 7.78. The molecule has 6 heteroatoms. The molecule has 0 spiro atoms. The number of aliphatic hydroxyl groups is 1. The summed E-state index contributed by atoms with van der Waals surface area (Å²) in [5.74, 6) is -0.300. The van der Waals surface area contributed by atoms with Crippen LogP contribution in [-0.4, -0.2) is 78.8 Å². The first-order valence-electron chi connectivity index (χ1n) is 7.78. The molecular formula is C14H28N4O2. The molecule has 20 heavy (non-hydrogen) atoms. The largest absolute Gasteiger partial charge is 0.390 e. The number of nitrogens with two attached hydrogens (primary N) is 1. The fraction of sp³-hybridized carbons (Fsp3) is 0.929. The summed E-state index contributed by atoms with van der Waals surface area (Å²) in [6.45, 7) is 5.44. The van der Waals surface area contributed by atoms with E-state index in [1.807, 2.05) is 0 Å².